The molecule has 3 rings (SSSR count). The van der Waals surface area contributed by atoms with E-state index in [-0.39, 0.29) is 11.5 Å². The average Bonchev–Trinajstić information content (AvgIpc) is 2.90. The third-order valence-corrected chi connectivity index (χ3v) is 3.24. The molecule has 0 spiro atoms. The molecule has 0 aliphatic rings. The van der Waals surface area contributed by atoms with Crippen molar-refractivity contribution in [2.24, 2.45) is 0 Å². The summed E-state index contributed by atoms with van der Waals surface area (Å²) in [6, 6.07) is 12.8. The molecular formula is C16H15N3O2. The summed E-state index contributed by atoms with van der Waals surface area (Å²) < 4.78 is 1.74. The van der Waals surface area contributed by atoms with Crippen LogP contribution in [0.3, 0.4) is 0 Å². The van der Waals surface area contributed by atoms with Crippen LogP contribution in [-0.2, 0) is 6.54 Å². The van der Waals surface area contributed by atoms with Gasteiger partial charge >= 0.3 is 0 Å². The second-order valence-corrected chi connectivity index (χ2v) is 4.99. The minimum absolute atomic E-state index is 0.147. The molecule has 3 aromatic rings. The normalized spacial score (nSPS) is 10.7. The van der Waals surface area contributed by atoms with E-state index >= 15 is 0 Å². The highest BCUT2D eigenvalue weighted by Gasteiger charge is 2.07. The van der Waals surface area contributed by atoms with Crippen LogP contribution in [0.1, 0.15) is 11.1 Å². The predicted molar refractivity (Wildman–Crippen MR) is 79.1 cm³/mol. The van der Waals surface area contributed by atoms with E-state index in [1.807, 2.05) is 18.3 Å². The van der Waals surface area contributed by atoms with Gasteiger partial charge in [-0.15, -0.1) is 5.10 Å². The highest BCUT2D eigenvalue weighted by molar-refractivity contribution is 5.62. The zero-order valence-corrected chi connectivity index (χ0v) is 11.6. The van der Waals surface area contributed by atoms with Gasteiger partial charge in [-0.3, -0.25) is 0 Å². The van der Waals surface area contributed by atoms with Crippen molar-refractivity contribution in [1.82, 2.24) is 15.0 Å². The topological polar surface area (TPSA) is 71.2 Å². The molecule has 1 heterocycles. The SMILES string of the molecule is Cc1cccc(Cn2cc(-c3ccc(O)c(O)c3)nn2)c1. The molecule has 0 saturated heterocycles. The van der Waals surface area contributed by atoms with E-state index in [2.05, 4.69) is 29.4 Å². The van der Waals surface area contributed by atoms with Gasteiger partial charge in [0.2, 0.25) is 0 Å². The Morgan fingerprint density at radius 3 is 2.67 bits per heavy atom. The quantitative estimate of drug-likeness (QED) is 0.724. The number of rotatable bonds is 3. The minimum Gasteiger partial charge on any atom is -0.504 e. The smallest absolute Gasteiger partial charge is 0.158 e. The molecule has 2 aromatic carbocycles. The van der Waals surface area contributed by atoms with Gasteiger partial charge in [-0.2, -0.15) is 0 Å². The Kier molecular flexibility index (Phi) is 3.31. The summed E-state index contributed by atoms with van der Waals surface area (Å²) in [7, 11) is 0. The van der Waals surface area contributed by atoms with Crippen LogP contribution in [0.5, 0.6) is 11.5 Å². The fourth-order valence-corrected chi connectivity index (χ4v) is 2.19. The summed E-state index contributed by atoms with van der Waals surface area (Å²) in [4.78, 5) is 0. The van der Waals surface area contributed by atoms with Crippen LogP contribution in [0.4, 0.5) is 0 Å². The van der Waals surface area contributed by atoms with E-state index in [0.29, 0.717) is 17.8 Å². The molecular weight excluding hydrogens is 266 g/mol. The molecule has 0 aliphatic carbocycles. The number of aromatic hydroxyl groups is 2. The second kappa shape index (κ2) is 5.28. The Morgan fingerprint density at radius 2 is 1.90 bits per heavy atom. The molecule has 5 nitrogen and oxygen atoms in total. The predicted octanol–water partition coefficient (Wildman–Crippen LogP) is 2.71. The van der Waals surface area contributed by atoms with Crippen LogP contribution in [0.15, 0.2) is 48.7 Å². The number of phenols is 2. The molecule has 0 atom stereocenters. The summed E-state index contributed by atoms with van der Waals surface area (Å²) in [6.45, 7) is 2.69. The number of benzene rings is 2. The third kappa shape index (κ3) is 2.86. The number of hydrogen-bond acceptors (Lipinski definition) is 4. The fourth-order valence-electron chi connectivity index (χ4n) is 2.19. The van der Waals surface area contributed by atoms with E-state index in [1.165, 1.54) is 17.7 Å². The van der Waals surface area contributed by atoms with Gasteiger partial charge < -0.3 is 10.2 Å². The third-order valence-electron chi connectivity index (χ3n) is 3.24. The Hall–Kier alpha value is -2.82. The van der Waals surface area contributed by atoms with Gasteiger partial charge in [-0.1, -0.05) is 35.0 Å². The number of aromatic nitrogens is 3. The van der Waals surface area contributed by atoms with Gasteiger partial charge in [0.1, 0.15) is 5.69 Å². The van der Waals surface area contributed by atoms with E-state index in [0.717, 1.165) is 5.56 Å². The Labute approximate surface area is 122 Å². The summed E-state index contributed by atoms with van der Waals surface area (Å²) in [5.41, 5.74) is 3.72. The first-order valence-electron chi connectivity index (χ1n) is 6.60. The lowest BCUT2D eigenvalue weighted by molar-refractivity contribution is 0.404. The minimum atomic E-state index is -0.166. The van der Waals surface area contributed by atoms with Gasteiger partial charge in [0.25, 0.3) is 0 Å². The maximum atomic E-state index is 9.53. The van der Waals surface area contributed by atoms with Crippen molar-refractivity contribution in [2.75, 3.05) is 0 Å². The van der Waals surface area contributed by atoms with Gasteiger partial charge in [0.15, 0.2) is 11.5 Å². The lowest BCUT2D eigenvalue weighted by Gasteiger charge is -2.02. The van der Waals surface area contributed by atoms with Gasteiger partial charge in [0, 0.05) is 5.56 Å². The number of phenolic OH excluding ortho intramolecular Hbond substituents is 2. The van der Waals surface area contributed by atoms with Gasteiger partial charge in [-0.25, -0.2) is 4.68 Å². The monoisotopic (exact) mass is 281 g/mol. The Bertz CT molecular complexity index is 781. The van der Waals surface area contributed by atoms with Gasteiger partial charge in [0.05, 0.1) is 12.7 Å². The molecule has 0 bridgehead atoms. The van der Waals surface area contributed by atoms with Crippen LogP contribution in [0.25, 0.3) is 11.3 Å². The van der Waals surface area contributed by atoms with Crippen molar-refractivity contribution >= 4 is 0 Å². The molecule has 1 aromatic heterocycles. The Balaban J connectivity index is 1.84. The lowest BCUT2D eigenvalue weighted by atomic mass is 10.1. The Morgan fingerprint density at radius 1 is 1.05 bits per heavy atom. The van der Waals surface area contributed by atoms with Crippen molar-refractivity contribution < 1.29 is 10.2 Å². The molecule has 106 valence electrons. The van der Waals surface area contributed by atoms with Crippen molar-refractivity contribution in [3.63, 3.8) is 0 Å². The molecule has 2 N–H and O–H groups in total. The van der Waals surface area contributed by atoms with Crippen molar-refractivity contribution in [3.8, 4) is 22.8 Å². The zero-order chi connectivity index (χ0) is 14.8. The van der Waals surface area contributed by atoms with E-state index in [4.69, 9.17) is 0 Å². The average molecular weight is 281 g/mol. The molecule has 5 heteroatoms. The molecule has 0 radical (unpaired) electrons. The van der Waals surface area contributed by atoms with E-state index in [1.54, 1.807) is 10.7 Å². The molecule has 21 heavy (non-hydrogen) atoms. The maximum absolute atomic E-state index is 9.53. The lowest BCUT2D eigenvalue weighted by Crippen LogP contribution is -2.00. The van der Waals surface area contributed by atoms with Crippen LogP contribution < -0.4 is 0 Å². The largest absolute Gasteiger partial charge is 0.504 e. The summed E-state index contributed by atoms with van der Waals surface area (Å²) in [5.74, 6) is -0.313. The van der Waals surface area contributed by atoms with E-state index in [9.17, 15) is 10.2 Å². The molecule has 0 amide bonds. The highest BCUT2D eigenvalue weighted by Crippen LogP contribution is 2.29. The molecule has 0 fully saturated rings. The van der Waals surface area contributed by atoms with Crippen LogP contribution in [0, 0.1) is 6.92 Å². The summed E-state index contributed by atoms with van der Waals surface area (Å²) in [6.07, 6.45) is 1.81. The summed E-state index contributed by atoms with van der Waals surface area (Å²) >= 11 is 0. The summed E-state index contributed by atoms with van der Waals surface area (Å²) in [5, 5.41) is 27.0. The first-order chi connectivity index (χ1) is 10.1. The molecule has 0 saturated carbocycles. The van der Waals surface area contributed by atoms with Crippen LogP contribution in [0.2, 0.25) is 0 Å². The van der Waals surface area contributed by atoms with Crippen molar-refractivity contribution in [2.45, 2.75) is 13.5 Å². The first-order valence-corrected chi connectivity index (χ1v) is 6.60. The van der Waals surface area contributed by atoms with Crippen molar-refractivity contribution in [3.05, 3.63) is 59.8 Å². The fraction of sp³-hybridized carbons (Fsp3) is 0.125. The van der Waals surface area contributed by atoms with Gasteiger partial charge in [-0.05, 0) is 30.7 Å². The van der Waals surface area contributed by atoms with Crippen molar-refractivity contribution in [1.29, 1.82) is 0 Å². The van der Waals surface area contributed by atoms with Crippen LogP contribution in [-0.4, -0.2) is 25.2 Å². The number of nitrogens with zero attached hydrogens (tertiary/aromatic N) is 3. The molecule has 0 aliphatic heterocycles. The standard InChI is InChI=1S/C16H15N3O2/c1-11-3-2-4-12(7-11)9-19-10-14(17-18-19)13-5-6-15(20)16(21)8-13/h2-8,10,20-21H,9H2,1H3. The zero-order valence-electron chi connectivity index (χ0n) is 11.6. The maximum Gasteiger partial charge on any atom is 0.158 e. The second-order valence-electron chi connectivity index (χ2n) is 4.99. The highest BCUT2D eigenvalue weighted by atomic mass is 16.3. The van der Waals surface area contributed by atoms with Crippen LogP contribution >= 0.6 is 0 Å². The number of aryl methyl sites for hydroxylation is 1. The number of hydrogen-bond donors (Lipinski definition) is 2. The molecule has 0 unspecified atom stereocenters. The first kappa shape index (κ1) is 13.2. The van der Waals surface area contributed by atoms with E-state index < -0.39 is 0 Å².